The molecule has 1 atom stereocenters. The largest absolute Gasteiger partial charge is 0.491 e. The first-order valence-corrected chi connectivity index (χ1v) is 6.61. The van der Waals surface area contributed by atoms with Crippen molar-refractivity contribution in [3.05, 3.63) is 29.8 Å². The number of ether oxygens (including phenoxy) is 1. The average Bonchev–Trinajstić information content (AvgIpc) is 2.27. The van der Waals surface area contributed by atoms with E-state index in [-0.39, 0.29) is 6.10 Å². The first-order valence-electron chi connectivity index (χ1n) is 6.61. The lowest BCUT2D eigenvalue weighted by atomic mass is 10.1. The molecular formula is C15H25NO. The molecule has 0 amide bonds. The van der Waals surface area contributed by atoms with Crippen molar-refractivity contribution in [1.29, 1.82) is 0 Å². The highest BCUT2D eigenvalue weighted by Crippen LogP contribution is 2.21. The van der Waals surface area contributed by atoms with Gasteiger partial charge in [0.1, 0.15) is 5.75 Å². The summed E-state index contributed by atoms with van der Waals surface area (Å²) in [4.78, 5) is 0. The van der Waals surface area contributed by atoms with Gasteiger partial charge in [0, 0.05) is 6.04 Å². The second-order valence-electron chi connectivity index (χ2n) is 4.77. The summed E-state index contributed by atoms with van der Waals surface area (Å²) >= 11 is 0. The fraction of sp³-hybridized carbons (Fsp3) is 0.600. The number of nitrogens with one attached hydrogen (secondary N) is 1. The molecule has 0 spiro atoms. The van der Waals surface area contributed by atoms with Crippen LogP contribution in [-0.2, 0) is 6.42 Å². The van der Waals surface area contributed by atoms with Gasteiger partial charge >= 0.3 is 0 Å². The van der Waals surface area contributed by atoms with Crippen LogP contribution in [0.5, 0.6) is 5.75 Å². The molecule has 1 N–H and O–H groups in total. The minimum atomic E-state index is 0.238. The second kappa shape index (κ2) is 7.33. The van der Waals surface area contributed by atoms with Crippen LogP contribution in [0.15, 0.2) is 24.3 Å². The summed E-state index contributed by atoms with van der Waals surface area (Å²) < 4.78 is 5.82. The van der Waals surface area contributed by atoms with E-state index in [9.17, 15) is 0 Å². The van der Waals surface area contributed by atoms with Crippen LogP contribution >= 0.6 is 0 Å². The molecule has 0 aliphatic carbocycles. The molecule has 1 aromatic carbocycles. The number of benzene rings is 1. The third-order valence-electron chi connectivity index (χ3n) is 2.73. The number of hydrogen-bond donors (Lipinski definition) is 1. The Hall–Kier alpha value is -1.02. The molecule has 0 saturated carbocycles. The fourth-order valence-corrected chi connectivity index (χ4v) is 1.90. The average molecular weight is 235 g/mol. The monoisotopic (exact) mass is 235 g/mol. The molecular weight excluding hydrogens is 210 g/mol. The van der Waals surface area contributed by atoms with Gasteiger partial charge in [-0.05, 0) is 51.8 Å². The van der Waals surface area contributed by atoms with Gasteiger partial charge < -0.3 is 10.1 Å². The maximum absolute atomic E-state index is 5.82. The molecule has 0 saturated heterocycles. The molecule has 96 valence electrons. The van der Waals surface area contributed by atoms with Gasteiger partial charge in [-0.1, -0.05) is 25.1 Å². The van der Waals surface area contributed by atoms with Gasteiger partial charge in [0.05, 0.1) is 6.10 Å². The Balaban J connectivity index is 2.57. The maximum atomic E-state index is 5.82. The summed E-state index contributed by atoms with van der Waals surface area (Å²) in [5.74, 6) is 1.03. The Kier molecular flexibility index (Phi) is 6.06. The van der Waals surface area contributed by atoms with Crippen LogP contribution in [0.2, 0.25) is 0 Å². The lowest BCUT2D eigenvalue weighted by Crippen LogP contribution is -2.26. The van der Waals surface area contributed by atoms with Crippen molar-refractivity contribution in [3.8, 4) is 5.75 Å². The molecule has 0 aliphatic rings. The van der Waals surface area contributed by atoms with E-state index in [2.05, 4.69) is 51.2 Å². The third kappa shape index (κ3) is 5.22. The molecule has 2 nitrogen and oxygen atoms in total. The summed E-state index contributed by atoms with van der Waals surface area (Å²) in [5, 5.41) is 3.44. The van der Waals surface area contributed by atoms with Crippen LogP contribution < -0.4 is 10.1 Å². The van der Waals surface area contributed by atoms with Crippen molar-refractivity contribution >= 4 is 0 Å². The van der Waals surface area contributed by atoms with Gasteiger partial charge in [-0.15, -0.1) is 0 Å². The van der Waals surface area contributed by atoms with Crippen molar-refractivity contribution in [2.24, 2.45) is 0 Å². The smallest absolute Gasteiger partial charge is 0.122 e. The zero-order valence-electron chi connectivity index (χ0n) is 11.5. The van der Waals surface area contributed by atoms with E-state index in [1.54, 1.807) is 0 Å². The predicted molar refractivity (Wildman–Crippen MR) is 73.7 cm³/mol. The second-order valence-corrected chi connectivity index (χ2v) is 4.77. The summed E-state index contributed by atoms with van der Waals surface area (Å²) in [5.41, 5.74) is 1.31. The van der Waals surface area contributed by atoms with Crippen LogP contribution in [0.3, 0.4) is 0 Å². The van der Waals surface area contributed by atoms with Crippen molar-refractivity contribution in [2.75, 3.05) is 6.54 Å². The molecule has 0 aromatic heterocycles. The molecule has 0 aliphatic heterocycles. The Morgan fingerprint density at radius 3 is 2.53 bits per heavy atom. The van der Waals surface area contributed by atoms with Crippen LogP contribution in [0.4, 0.5) is 0 Å². The van der Waals surface area contributed by atoms with Crippen molar-refractivity contribution in [1.82, 2.24) is 5.32 Å². The van der Waals surface area contributed by atoms with E-state index in [4.69, 9.17) is 4.74 Å². The van der Waals surface area contributed by atoms with E-state index in [0.717, 1.165) is 25.1 Å². The van der Waals surface area contributed by atoms with Crippen LogP contribution in [0.1, 0.15) is 39.7 Å². The SMILES string of the molecule is CCNC(C)CCc1ccccc1OC(C)C. The van der Waals surface area contributed by atoms with Gasteiger partial charge in [0.2, 0.25) is 0 Å². The van der Waals surface area contributed by atoms with E-state index in [0.29, 0.717) is 6.04 Å². The lowest BCUT2D eigenvalue weighted by Gasteiger charge is -2.16. The predicted octanol–water partition coefficient (Wildman–Crippen LogP) is 3.40. The number of aryl methyl sites for hydroxylation is 1. The van der Waals surface area contributed by atoms with Crippen LogP contribution in [0, 0.1) is 0 Å². The molecule has 0 bridgehead atoms. The quantitative estimate of drug-likeness (QED) is 0.782. The van der Waals surface area contributed by atoms with Gasteiger partial charge in [-0.25, -0.2) is 0 Å². The molecule has 0 heterocycles. The van der Waals surface area contributed by atoms with Crippen molar-refractivity contribution in [3.63, 3.8) is 0 Å². The van der Waals surface area contributed by atoms with Crippen LogP contribution in [0.25, 0.3) is 0 Å². The Bertz CT molecular complexity index is 322. The van der Waals surface area contributed by atoms with E-state index in [1.807, 2.05) is 6.07 Å². The highest BCUT2D eigenvalue weighted by molar-refractivity contribution is 5.33. The Morgan fingerprint density at radius 2 is 1.88 bits per heavy atom. The van der Waals surface area contributed by atoms with Gasteiger partial charge in [0.25, 0.3) is 0 Å². The van der Waals surface area contributed by atoms with Gasteiger partial charge in [0.15, 0.2) is 0 Å². The molecule has 1 aromatic rings. The van der Waals surface area contributed by atoms with Gasteiger partial charge in [-0.3, -0.25) is 0 Å². The van der Waals surface area contributed by atoms with Crippen molar-refractivity contribution in [2.45, 2.75) is 52.7 Å². The molecule has 2 heteroatoms. The fourth-order valence-electron chi connectivity index (χ4n) is 1.90. The third-order valence-corrected chi connectivity index (χ3v) is 2.73. The number of para-hydroxylation sites is 1. The highest BCUT2D eigenvalue weighted by Gasteiger charge is 2.06. The van der Waals surface area contributed by atoms with Crippen molar-refractivity contribution < 1.29 is 4.74 Å². The summed E-state index contributed by atoms with van der Waals surface area (Å²) in [7, 11) is 0. The first kappa shape index (κ1) is 14.0. The lowest BCUT2D eigenvalue weighted by molar-refractivity contribution is 0.239. The minimum absolute atomic E-state index is 0.238. The van der Waals surface area contributed by atoms with Crippen LogP contribution in [-0.4, -0.2) is 18.7 Å². The first-order chi connectivity index (χ1) is 8.13. The molecule has 0 radical (unpaired) electrons. The standard InChI is InChI=1S/C15H25NO/c1-5-16-13(4)10-11-14-8-6-7-9-15(14)17-12(2)3/h6-9,12-13,16H,5,10-11H2,1-4H3. The van der Waals surface area contributed by atoms with E-state index < -0.39 is 0 Å². The zero-order valence-corrected chi connectivity index (χ0v) is 11.5. The molecule has 1 rings (SSSR count). The summed E-state index contributed by atoms with van der Waals surface area (Å²) in [6.07, 6.45) is 2.45. The minimum Gasteiger partial charge on any atom is -0.491 e. The van der Waals surface area contributed by atoms with E-state index in [1.165, 1.54) is 5.56 Å². The molecule has 0 fully saturated rings. The Labute approximate surface area is 105 Å². The molecule has 1 unspecified atom stereocenters. The number of rotatable bonds is 7. The summed E-state index contributed by atoms with van der Waals surface area (Å²) in [6.45, 7) is 9.54. The number of hydrogen-bond acceptors (Lipinski definition) is 2. The molecule has 17 heavy (non-hydrogen) atoms. The Morgan fingerprint density at radius 1 is 1.18 bits per heavy atom. The summed E-state index contributed by atoms with van der Waals surface area (Å²) in [6, 6.07) is 8.91. The van der Waals surface area contributed by atoms with E-state index >= 15 is 0 Å². The maximum Gasteiger partial charge on any atom is 0.122 e. The normalized spacial score (nSPS) is 12.8. The highest BCUT2D eigenvalue weighted by atomic mass is 16.5. The topological polar surface area (TPSA) is 21.3 Å². The zero-order chi connectivity index (χ0) is 12.7. The van der Waals surface area contributed by atoms with Gasteiger partial charge in [-0.2, -0.15) is 0 Å².